The minimum absolute atomic E-state index is 0.0650. The van der Waals surface area contributed by atoms with Crippen LogP contribution in [0.3, 0.4) is 0 Å². The lowest BCUT2D eigenvalue weighted by molar-refractivity contribution is -0.138. The fourth-order valence-corrected chi connectivity index (χ4v) is 1.85. The lowest BCUT2D eigenvalue weighted by Crippen LogP contribution is -2.52. The van der Waals surface area contributed by atoms with Crippen molar-refractivity contribution >= 4 is 12.0 Å². The number of urea groups is 1. The third-order valence-electron chi connectivity index (χ3n) is 3.11. The van der Waals surface area contributed by atoms with Gasteiger partial charge in [-0.25, -0.2) is 4.79 Å². The van der Waals surface area contributed by atoms with E-state index in [1.807, 2.05) is 41.5 Å². The fraction of sp³-hybridized carbons (Fsp3) is 0.857. The van der Waals surface area contributed by atoms with Crippen LogP contribution in [0.4, 0.5) is 4.79 Å². The van der Waals surface area contributed by atoms with Crippen molar-refractivity contribution in [1.29, 1.82) is 0 Å². The van der Waals surface area contributed by atoms with Crippen LogP contribution in [0, 0.1) is 5.92 Å². The molecule has 0 aromatic rings. The van der Waals surface area contributed by atoms with Gasteiger partial charge in [-0.1, -0.05) is 20.8 Å². The first-order valence-corrected chi connectivity index (χ1v) is 6.99. The molecule has 0 aromatic carbocycles. The SMILES string of the molecule is CCC(C)N(CC(=O)O)C(=O)N(CC(C)C)C(C)C. The van der Waals surface area contributed by atoms with Crippen molar-refractivity contribution in [3.63, 3.8) is 0 Å². The number of aliphatic carboxylic acids is 1. The number of hydrogen-bond donors (Lipinski definition) is 1. The molecule has 0 saturated heterocycles. The molecule has 1 unspecified atom stereocenters. The summed E-state index contributed by atoms with van der Waals surface area (Å²) in [4.78, 5) is 26.7. The molecule has 1 N–H and O–H groups in total. The van der Waals surface area contributed by atoms with E-state index in [0.29, 0.717) is 12.5 Å². The number of carbonyl (C=O) groups excluding carboxylic acids is 1. The first kappa shape index (κ1) is 17.7. The molecule has 0 aromatic heterocycles. The predicted octanol–water partition coefficient (Wildman–Crippen LogP) is 2.66. The molecule has 112 valence electrons. The maximum atomic E-state index is 12.5. The van der Waals surface area contributed by atoms with E-state index in [0.717, 1.165) is 6.42 Å². The third kappa shape index (κ3) is 5.94. The van der Waals surface area contributed by atoms with Gasteiger partial charge in [0.25, 0.3) is 0 Å². The Hall–Kier alpha value is -1.26. The first-order valence-electron chi connectivity index (χ1n) is 6.99. The van der Waals surface area contributed by atoms with Gasteiger partial charge in [-0.15, -0.1) is 0 Å². The van der Waals surface area contributed by atoms with E-state index in [-0.39, 0.29) is 24.7 Å². The van der Waals surface area contributed by atoms with Crippen molar-refractivity contribution in [3.8, 4) is 0 Å². The highest BCUT2D eigenvalue weighted by Gasteiger charge is 2.28. The summed E-state index contributed by atoms with van der Waals surface area (Å²) in [5.41, 5.74) is 0. The van der Waals surface area contributed by atoms with Gasteiger partial charge in [-0.3, -0.25) is 4.79 Å². The Labute approximate surface area is 116 Å². The van der Waals surface area contributed by atoms with Gasteiger partial charge in [0.05, 0.1) is 0 Å². The second kappa shape index (κ2) is 8.02. The zero-order valence-electron chi connectivity index (χ0n) is 13.0. The van der Waals surface area contributed by atoms with Crippen LogP contribution in [0.2, 0.25) is 0 Å². The fourth-order valence-electron chi connectivity index (χ4n) is 1.85. The molecule has 19 heavy (non-hydrogen) atoms. The highest BCUT2D eigenvalue weighted by molar-refractivity contribution is 5.80. The van der Waals surface area contributed by atoms with Gasteiger partial charge >= 0.3 is 12.0 Å². The van der Waals surface area contributed by atoms with E-state index in [1.54, 1.807) is 4.90 Å². The van der Waals surface area contributed by atoms with Gasteiger partial charge in [-0.2, -0.15) is 0 Å². The number of carboxylic acid groups (broad SMARTS) is 1. The van der Waals surface area contributed by atoms with E-state index in [2.05, 4.69) is 0 Å². The minimum atomic E-state index is -0.970. The van der Waals surface area contributed by atoms with Gasteiger partial charge in [0.1, 0.15) is 6.54 Å². The summed E-state index contributed by atoms with van der Waals surface area (Å²) in [6.07, 6.45) is 0.743. The first-order chi connectivity index (χ1) is 8.70. The van der Waals surface area contributed by atoms with Gasteiger partial charge in [0.15, 0.2) is 0 Å². The maximum absolute atomic E-state index is 12.5. The number of carboxylic acids is 1. The van der Waals surface area contributed by atoms with Crippen LogP contribution in [0.5, 0.6) is 0 Å². The average Bonchev–Trinajstić information content (AvgIpc) is 2.30. The summed E-state index contributed by atoms with van der Waals surface area (Å²) in [7, 11) is 0. The van der Waals surface area contributed by atoms with Gasteiger partial charge in [0, 0.05) is 18.6 Å². The van der Waals surface area contributed by atoms with Crippen LogP contribution < -0.4 is 0 Å². The zero-order valence-corrected chi connectivity index (χ0v) is 13.0. The monoisotopic (exact) mass is 272 g/mol. The molecule has 0 aliphatic rings. The van der Waals surface area contributed by atoms with E-state index >= 15 is 0 Å². The van der Waals surface area contributed by atoms with Crippen LogP contribution in [-0.4, -0.2) is 52.1 Å². The Bertz CT molecular complexity index is 303. The molecule has 0 aliphatic heterocycles. The van der Waals surface area contributed by atoms with Crippen LogP contribution in [0.15, 0.2) is 0 Å². The lowest BCUT2D eigenvalue weighted by Gasteiger charge is -2.36. The normalized spacial score (nSPS) is 12.6. The summed E-state index contributed by atoms with van der Waals surface area (Å²) in [5.74, 6) is -0.614. The summed E-state index contributed by atoms with van der Waals surface area (Å²) >= 11 is 0. The second-order valence-corrected chi connectivity index (χ2v) is 5.70. The summed E-state index contributed by atoms with van der Waals surface area (Å²) in [6.45, 7) is 12.2. The molecule has 1 atom stereocenters. The topological polar surface area (TPSA) is 60.9 Å². The van der Waals surface area contributed by atoms with E-state index in [1.165, 1.54) is 4.90 Å². The molecule has 0 fully saturated rings. The Morgan fingerprint density at radius 1 is 1.05 bits per heavy atom. The molecule has 0 bridgehead atoms. The molecule has 0 rings (SSSR count). The van der Waals surface area contributed by atoms with Crippen LogP contribution in [0.25, 0.3) is 0 Å². The number of rotatable bonds is 7. The molecule has 0 heterocycles. The Morgan fingerprint density at radius 3 is 1.89 bits per heavy atom. The molecular weight excluding hydrogens is 244 g/mol. The minimum Gasteiger partial charge on any atom is -0.480 e. The molecule has 0 radical (unpaired) electrons. The van der Waals surface area contributed by atoms with E-state index < -0.39 is 5.97 Å². The molecule has 0 saturated carbocycles. The smallest absolute Gasteiger partial charge is 0.323 e. The van der Waals surface area contributed by atoms with Crippen LogP contribution in [-0.2, 0) is 4.79 Å². The van der Waals surface area contributed by atoms with Crippen molar-refractivity contribution in [2.24, 2.45) is 5.92 Å². The molecule has 0 spiro atoms. The highest BCUT2D eigenvalue weighted by atomic mass is 16.4. The van der Waals surface area contributed by atoms with Crippen molar-refractivity contribution in [2.45, 2.75) is 60.0 Å². The Morgan fingerprint density at radius 2 is 1.58 bits per heavy atom. The Balaban J connectivity index is 5.05. The molecule has 2 amide bonds. The predicted molar refractivity (Wildman–Crippen MR) is 76.2 cm³/mol. The second-order valence-electron chi connectivity index (χ2n) is 5.70. The molecular formula is C14H28N2O3. The largest absolute Gasteiger partial charge is 0.480 e. The standard InChI is InChI=1S/C14H28N2O3/c1-7-12(6)16(9-13(17)18)14(19)15(11(4)5)8-10(2)3/h10-12H,7-9H2,1-6H3,(H,17,18). The van der Waals surface area contributed by atoms with Gasteiger partial charge in [0.2, 0.25) is 0 Å². The number of carbonyl (C=O) groups is 2. The van der Waals surface area contributed by atoms with Crippen molar-refractivity contribution < 1.29 is 14.7 Å². The zero-order chi connectivity index (χ0) is 15.2. The van der Waals surface area contributed by atoms with E-state index in [9.17, 15) is 9.59 Å². The maximum Gasteiger partial charge on any atom is 0.323 e. The lowest BCUT2D eigenvalue weighted by atomic mass is 10.1. The van der Waals surface area contributed by atoms with Crippen LogP contribution in [0.1, 0.15) is 48.0 Å². The molecule has 0 aliphatic carbocycles. The summed E-state index contributed by atoms with van der Waals surface area (Å²) in [5, 5.41) is 8.97. The van der Waals surface area contributed by atoms with Gasteiger partial charge < -0.3 is 14.9 Å². The van der Waals surface area contributed by atoms with Crippen LogP contribution >= 0.6 is 0 Å². The molecule has 5 heteroatoms. The van der Waals surface area contributed by atoms with E-state index in [4.69, 9.17) is 5.11 Å². The number of nitrogens with zero attached hydrogens (tertiary/aromatic N) is 2. The highest BCUT2D eigenvalue weighted by Crippen LogP contribution is 2.12. The quantitative estimate of drug-likeness (QED) is 0.775. The summed E-state index contributed by atoms with van der Waals surface area (Å²) < 4.78 is 0. The van der Waals surface area contributed by atoms with Gasteiger partial charge in [-0.05, 0) is 33.1 Å². The van der Waals surface area contributed by atoms with Crippen molar-refractivity contribution in [1.82, 2.24) is 9.80 Å². The van der Waals surface area contributed by atoms with Crippen molar-refractivity contribution in [3.05, 3.63) is 0 Å². The third-order valence-corrected chi connectivity index (χ3v) is 3.11. The average molecular weight is 272 g/mol. The summed E-state index contributed by atoms with van der Waals surface area (Å²) in [6, 6.07) is -0.187. The van der Waals surface area contributed by atoms with Crippen molar-refractivity contribution in [2.75, 3.05) is 13.1 Å². The Kier molecular flexibility index (Phi) is 7.49. The molecule has 5 nitrogen and oxygen atoms in total. The number of hydrogen-bond acceptors (Lipinski definition) is 2. The number of amides is 2.